The number of carbonyl (C=O) groups is 1. The van der Waals surface area contributed by atoms with Gasteiger partial charge in [-0.1, -0.05) is 32.9 Å². The van der Waals surface area contributed by atoms with Crippen LogP contribution in [0.3, 0.4) is 0 Å². The molecule has 0 saturated heterocycles. The molecule has 2 nitrogen and oxygen atoms in total. The van der Waals surface area contributed by atoms with Gasteiger partial charge in [0.15, 0.2) is 0 Å². The van der Waals surface area contributed by atoms with E-state index in [1.807, 2.05) is 13.0 Å². The van der Waals surface area contributed by atoms with Crippen LogP contribution in [0.25, 0.3) is 0 Å². The molecule has 0 spiro atoms. The fraction of sp³-hybridized carbons (Fsp3) is 0.500. The highest BCUT2D eigenvalue weighted by molar-refractivity contribution is 5.97. The first-order valence-corrected chi connectivity index (χ1v) is 5.82. The Bertz CT molecular complexity index is 429. The van der Waals surface area contributed by atoms with Crippen molar-refractivity contribution in [3.63, 3.8) is 0 Å². The summed E-state index contributed by atoms with van der Waals surface area (Å²) in [7, 11) is 0. The molecule has 0 aliphatic carbocycles. The molecule has 0 radical (unpaired) electrons. The number of benzene rings is 1. The Kier molecular flexibility index (Phi) is 2.53. The summed E-state index contributed by atoms with van der Waals surface area (Å²) in [4.78, 5) is 11.9. The highest BCUT2D eigenvalue weighted by Crippen LogP contribution is 2.26. The molecule has 0 aromatic heterocycles. The fourth-order valence-electron chi connectivity index (χ4n) is 2.11. The van der Waals surface area contributed by atoms with Gasteiger partial charge in [0.2, 0.25) is 0 Å². The molecule has 1 N–H and O–H groups in total. The number of rotatable bonds is 0. The highest BCUT2D eigenvalue weighted by Gasteiger charge is 2.23. The van der Waals surface area contributed by atoms with Crippen LogP contribution in [0.2, 0.25) is 0 Å². The number of carbonyl (C=O) groups excluding carboxylic acids is 1. The minimum absolute atomic E-state index is 0.0693. The molecule has 2 rings (SSSR count). The van der Waals surface area contributed by atoms with E-state index in [0.29, 0.717) is 0 Å². The second-order valence-electron chi connectivity index (χ2n) is 5.70. The average Bonchev–Trinajstić information content (AvgIpc) is 2.15. The third-order valence-electron chi connectivity index (χ3n) is 3.12. The van der Waals surface area contributed by atoms with Crippen molar-refractivity contribution in [1.29, 1.82) is 0 Å². The predicted octanol–water partition coefficient (Wildman–Crippen LogP) is 2.66. The molecule has 1 aromatic carbocycles. The Labute approximate surface area is 97.1 Å². The zero-order chi connectivity index (χ0) is 11.9. The van der Waals surface area contributed by atoms with Gasteiger partial charge in [0, 0.05) is 11.6 Å². The van der Waals surface area contributed by atoms with Crippen LogP contribution in [0.4, 0.5) is 0 Å². The molecule has 0 fully saturated rings. The van der Waals surface area contributed by atoms with Gasteiger partial charge in [-0.15, -0.1) is 0 Å². The number of hydrogen-bond donors (Lipinski definition) is 1. The van der Waals surface area contributed by atoms with Crippen LogP contribution in [0, 0.1) is 0 Å². The first kappa shape index (κ1) is 11.2. The summed E-state index contributed by atoms with van der Waals surface area (Å²) in [5.74, 6) is 0.0693. The van der Waals surface area contributed by atoms with Crippen LogP contribution >= 0.6 is 0 Å². The minimum atomic E-state index is 0.0693. The Hall–Kier alpha value is -1.31. The Balaban J connectivity index is 2.47. The maximum Gasteiger partial charge on any atom is 0.251 e. The van der Waals surface area contributed by atoms with E-state index in [1.165, 1.54) is 11.1 Å². The van der Waals surface area contributed by atoms with Gasteiger partial charge in [-0.25, -0.2) is 0 Å². The van der Waals surface area contributed by atoms with E-state index < -0.39 is 0 Å². The molecular formula is C14H19NO. The van der Waals surface area contributed by atoms with Crippen molar-refractivity contribution in [3.8, 4) is 0 Å². The van der Waals surface area contributed by atoms with Crippen LogP contribution in [0.5, 0.6) is 0 Å². The van der Waals surface area contributed by atoms with E-state index >= 15 is 0 Å². The number of nitrogens with one attached hydrogen (secondary N) is 1. The molecule has 1 amide bonds. The molecule has 0 saturated carbocycles. The molecule has 1 heterocycles. The van der Waals surface area contributed by atoms with Crippen molar-refractivity contribution >= 4 is 5.91 Å². The first-order chi connectivity index (χ1) is 7.38. The molecule has 0 bridgehead atoms. The second kappa shape index (κ2) is 3.62. The first-order valence-electron chi connectivity index (χ1n) is 5.82. The number of amides is 1. The maximum atomic E-state index is 11.9. The van der Waals surface area contributed by atoms with E-state index in [-0.39, 0.29) is 17.4 Å². The molecule has 1 aliphatic heterocycles. The second-order valence-corrected chi connectivity index (χ2v) is 5.70. The summed E-state index contributed by atoms with van der Waals surface area (Å²) >= 11 is 0. The topological polar surface area (TPSA) is 29.1 Å². The standard InChI is InChI=1S/C14H19NO/c1-9-7-10-5-6-11(14(2,3)4)8-12(10)13(16)15-9/h5-6,8-9H,7H2,1-4H3,(H,15,16). The average molecular weight is 217 g/mol. The van der Waals surface area contributed by atoms with Crippen molar-refractivity contribution < 1.29 is 4.79 Å². The predicted molar refractivity (Wildman–Crippen MR) is 65.8 cm³/mol. The van der Waals surface area contributed by atoms with E-state index in [2.05, 4.69) is 38.2 Å². The van der Waals surface area contributed by atoms with Crippen LogP contribution in [-0.2, 0) is 11.8 Å². The van der Waals surface area contributed by atoms with Crippen LogP contribution in [0.15, 0.2) is 18.2 Å². The van der Waals surface area contributed by atoms with Gasteiger partial charge in [-0.05, 0) is 36.0 Å². The zero-order valence-corrected chi connectivity index (χ0v) is 10.4. The van der Waals surface area contributed by atoms with Gasteiger partial charge in [0.1, 0.15) is 0 Å². The molecule has 1 aliphatic rings. The van der Waals surface area contributed by atoms with Gasteiger partial charge in [-0.2, -0.15) is 0 Å². The smallest absolute Gasteiger partial charge is 0.251 e. The molecule has 1 atom stereocenters. The number of fused-ring (bicyclic) bond motifs is 1. The lowest BCUT2D eigenvalue weighted by Gasteiger charge is -2.26. The van der Waals surface area contributed by atoms with Crippen molar-refractivity contribution in [1.82, 2.24) is 5.32 Å². The zero-order valence-electron chi connectivity index (χ0n) is 10.4. The van der Waals surface area contributed by atoms with E-state index in [9.17, 15) is 4.79 Å². The van der Waals surface area contributed by atoms with Crippen LogP contribution in [0.1, 0.15) is 49.2 Å². The van der Waals surface area contributed by atoms with Crippen LogP contribution in [-0.4, -0.2) is 11.9 Å². The Morgan fingerprint density at radius 1 is 1.31 bits per heavy atom. The summed E-state index contributed by atoms with van der Waals surface area (Å²) in [6.07, 6.45) is 0.936. The lowest BCUT2D eigenvalue weighted by molar-refractivity contribution is 0.0929. The van der Waals surface area contributed by atoms with Gasteiger partial charge in [0.05, 0.1) is 0 Å². The molecule has 1 unspecified atom stereocenters. The highest BCUT2D eigenvalue weighted by atomic mass is 16.1. The summed E-state index contributed by atoms with van der Waals surface area (Å²) in [5.41, 5.74) is 3.34. The van der Waals surface area contributed by atoms with Gasteiger partial charge >= 0.3 is 0 Å². The Morgan fingerprint density at radius 3 is 2.62 bits per heavy atom. The number of hydrogen-bond acceptors (Lipinski definition) is 1. The molecule has 16 heavy (non-hydrogen) atoms. The molecule has 2 heteroatoms. The maximum absolute atomic E-state index is 11.9. The van der Waals surface area contributed by atoms with E-state index in [4.69, 9.17) is 0 Å². The van der Waals surface area contributed by atoms with Crippen molar-refractivity contribution in [3.05, 3.63) is 34.9 Å². The van der Waals surface area contributed by atoms with Crippen LogP contribution < -0.4 is 5.32 Å². The van der Waals surface area contributed by atoms with Crippen molar-refractivity contribution in [2.75, 3.05) is 0 Å². The van der Waals surface area contributed by atoms with E-state index in [1.54, 1.807) is 0 Å². The fourth-order valence-corrected chi connectivity index (χ4v) is 2.11. The van der Waals surface area contributed by atoms with Crippen molar-refractivity contribution in [2.45, 2.75) is 45.6 Å². The summed E-state index contributed by atoms with van der Waals surface area (Å²) in [6, 6.07) is 6.53. The summed E-state index contributed by atoms with van der Waals surface area (Å²) in [6.45, 7) is 8.53. The normalized spacial score (nSPS) is 20.2. The van der Waals surface area contributed by atoms with Crippen molar-refractivity contribution in [2.24, 2.45) is 0 Å². The quantitative estimate of drug-likeness (QED) is 0.711. The largest absolute Gasteiger partial charge is 0.349 e. The molecule has 1 aromatic rings. The summed E-state index contributed by atoms with van der Waals surface area (Å²) < 4.78 is 0. The monoisotopic (exact) mass is 217 g/mol. The van der Waals surface area contributed by atoms with Gasteiger partial charge in [0.25, 0.3) is 5.91 Å². The lowest BCUT2D eigenvalue weighted by atomic mass is 9.83. The van der Waals surface area contributed by atoms with Gasteiger partial charge in [-0.3, -0.25) is 4.79 Å². The SMILES string of the molecule is CC1Cc2ccc(C(C)(C)C)cc2C(=O)N1. The van der Waals surface area contributed by atoms with E-state index in [0.717, 1.165) is 12.0 Å². The summed E-state index contributed by atoms with van der Waals surface area (Å²) in [5, 5.41) is 2.98. The lowest BCUT2D eigenvalue weighted by Crippen LogP contribution is -2.39. The third-order valence-corrected chi connectivity index (χ3v) is 3.12. The molecular weight excluding hydrogens is 198 g/mol. The molecule has 86 valence electrons. The third kappa shape index (κ3) is 1.97. The Morgan fingerprint density at radius 2 is 2.00 bits per heavy atom. The van der Waals surface area contributed by atoms with Gasteiger partial charge < -0.3 is 5.32 Å². The minimum Gasteiger partial charge on any atom is -0.349 e.